The van der Waals surface area contributed by atoms with Crippen LogP contribution in [0.15, 0.2) is 24.3 Å². The van der Waals surface area contributed by atoms with Crippen molar-refractivity contribution in [3.05, 3.63) is 35.4 Å². The van der Waals surface area contributed by atoms with Crippen molar-refractivity contribution in [3.8, 4) is 12.3 Å². The molecule has 16 heavy (non-hydrogen) atoms. The number of nitrogens with one attached hydrogen (secondary N) is 1. The summed E-state index contributed by atoms with van der Waals surface area (Å²) in [5, 5.41) is 2.82. The van der Waals surface area contributed by atoms with Crippen molar-refractivity contribution >= 4 is 5.91 Å². The molecule has 2 nitrogen and oxygen atoms in total. The molecule has 0 fully saturated rings. The first-order chi connectivity index (χ1) is 7.67. The molecular formula is C14H17NO. The van der Waals surface area contributed by atoms with E-state index in [1.807, 2.05) is 38.1 Å². The second kappa shape index (κ2) is 5.97. The van der Waals surface area contributed by atoms with E-state index in [0.717, 1.165) is 17.5 Å². The number of terminal acetylenes is 1. The zero-order valence-electron chi connectivity index (χ0n) is 9.79. The molecule has 1 atom stereocenters. The highest BCUT2D eigenvalue weighted by atomic mass is 16.1. The molecule has 0 heterocycles. The topological polar surface area (TPSA) is 29.1 Å². The first-order valence-electron chi connectivity index (χ1n) is 5.47. The van der Waals surface area contributed by atoms with Gasteiger partial charge in [-0.1, -0.05) is 37.1 Å². The first-order valence-corrected chi connectivity index (χ1v) is 5.47. The van der Waals surface area contributed by atoms with Gasteiger partial charge in [0, 0.05) is 0 Å². The van der Waals surface area contributed by atoms with Crippen LogP contribution in [0.2, 0.25) is 0 Å². The molecular weight excluding hydrogens is 198 g/mol. The largest absolute Gasteiger partial charge is 0.342 e. The smallest absolute Gasteiger partial charge is 0.225 e. The number of carbonyl (C=O) groups is 1. The van der Waals surface area contributed by atoms with Crippen LogP contribution in [0.1, 0.15) is 24.5 Å². The molecule has 0 aliphatic rings. The number of hydrogen-bond donors (Lipinski definition) is 1. The Kier molecular flexibility index (Phi) is 4.60. The van der Waals surface area contributed by atoms with Gasteiger partial charge in [0.15, 0.2) is 0 Å². The van der Waals surface area contributed by atoms with E-state index in [4.69, 9.17) is 6.42 Å². The van der Waals surface area contributed by atoms with E-state index in [-0.39, 0.29) is 11.9 Å². The fourth-order valence-corrected chi connectivity index (χ4v) is 1.49. The van der Waals surface area contributed by atoms with Gasteiger partial charge in [-0.15, -0.1) is 6.42 Å². The van der Waals surface area contributed by atoms with Crippen molar-refractivity contribution in [1.82, 2.24) is 5.32 Å². The fourth-order valence-electron chi connectivity index (χ4n) is 1.49. The average Bonchev–Trinajstić information content (AvgIpc) is 2.29. The van der Waals surface area contributed by atoms with Crippen LogP contribution in [0.5, 0.6) is 0 Å². The third-order valence-corrected chi connectivity index (χ3v) is 2.56. The molecule has 1 unspecified atom stereocenters. The number of aryl methyl sites for hydroxylation is 1. The minimum Gasteiger partial charge on any atom is -0.342 e. The van der Waals surface area contributed by atoms with Gasteiger partial charge < -0.3 is 5.32 Å². The quantitative estimate of drug-likeness (QED) is 0.765. The van der Waals surface area contributed by atoms with Crippen molar-refractivity contribution in [2.75, 3.05) is 0 Å². The monoisotopic (exact) mass is 215 g/mol. The summed E-state index contributed by atoms with van der Waals surface area (Å²) in [5.74, 6) is 2.54. The zero-order valence-corrected chi connectivity index (χ0v) is 9.79. The van der Waals surface area contributed by atoms with Crippen LogP contribution in [-0.2, 0) is 11.2 Å². The van der Waals surface area contributed by atoms with E-state index in [0.29, 0.717) is 6.42 Å². The third kappa shape index (κ3) is 3.43. The van der Waals surface area contributed by atoms with Crippen LogP contribution >= 0.6 is 0 Å². The second-order valence-electron chi connectivity index (χ2n) is 3.80. The Morgan fingerprint density at radius 1 is 1.50 bits per heavy atom. The molecule has 0 bridgehead atoms. The van der Waals surface area contributed by atoms with Crippen molar-refractivity contribution in [3.63, 3.8) is 0 Å². The van der Waals surface area contributed by atoms with Crippen LogP contribution in [0, 0.1) is 19.3 Å². The van der Waals surface area contributed by atoms with Crippen molar-refractivity contribution < 1.29 is 4.79 Å². The molecule has 2 heteroatoms. The molecule has 0 aliphatic heterocycles. The SMILES string of the molecule is C#CC(CC)NC(=O)Cc1ccccc1C. The number of carbonyl (C=O) groups excluding carboxylic acids is 1. The summed E-state index contributed by atoms with van der Waals surface area (Å²) in [4.78, 5) is 11.7. The normalized spacial score (nSPS) is 11.6. The Balaban J connectivity index is 2.59. The van der Waals surface area contributed by atoms with Crippen LogP contribution < -0.4 is 5.32 Å². The highest BCUT2D eigenvalue weighted by Gasteiger charge is 2.08. The van der Waals surface area contributed by atoms with Crippen LogP contribution in [0.25, 0.3) is 0 Å². The van der Waals surface area contributed by atoms with Crippen LogP contribution in [-0.4, -0.2) is 11.9 Å². The molecule has 84 valence electrons. The Morgan fingerprint density at radius 2 is 2.19 bits per heavy atom. The molecule has 1 aromatic carbocycles. The minimum absolute atomic E-state index is 0.0147. The zero-order chi connectivity index (χ0) is 12.0. The Hall–Kier alpha value is -1.75. The van der Waals surface area contributed by atoms with Gasteiger partial charge in [-0.3, -0.25) is 4.79 Å². The summed E-state index contributed by atoms with van der Waals surface area (Å²) in [5.41, 5.74) is 2.18. The highest BCUT2D eigenvalue weighted by molar-refractivity contribution is 5.79. The lowest BCUT2D eigenvalue weighted by atomic mass is 10.1. The van der Waals surface area contributed by atoms with Gasteiger partial charge in [0.2, 0.25) is 5.91 Å². The number of amides is 1. The van der Waals surface area contributed by atoms with Crippen molar-refractivity contribution in [2.24, 2.45) is 0 Å². The van der Waals surface area contributed by atoms with E-state index >= 15 is 0 Å². The molecule has 1 N–H and O–H groups in total. The van der Waals surface area contributed by atoms with Gasteiger partial charge in [0.1, 0.15) is 0 Å². The molecule has 1 aromatic rings. The Labute approximate surface area is 97.1 Å². The van der Waals surface area contributed by atoms with Crippen molar-refractivity contribution in [2.45, 2.75) is 32.7 Å². The van der Waals surface area contributed by atoms with Gasteiger partial charge >= 0.3 is 0 Å². The van der Waals surface area contributed by atoms with Gasteiger partial charge in [-0.25, -0.2) is 0 Å². The molecule has 0 radical (unpaired) electrons. The summed E-state index contributed by atoms with van der Waals surface area (Å²) in [6, 6.07) is 7.71. The van der Waals surface area contributed by atoms with Crippen LogP contribution in [0.3, 0.4) is 0 Å². The van der Waals surface area contributed by atoms with Gasteiger partial charge in [-0.2, -0.15) is 0 Å². The lowest BCUT2D eigenvalue weighted by Crippen LogP contribution is -2.34. The lowest BCUT2D eigenvalue weighted by molar-refractivity contribution is -0.120. The lowest BCUT2D eigenvalue weighted by Gasteiger charge is -2.11. The molecule has 1 rings (SSSR count). The molecule has 0 spiro atoms. The third-order valence-electron chi connectivity index (χ3n) is 2.56. The second-order valence-corrected chi connectivity index (χ2v) is 3.80. The molecule has 0 aromatic heterocycles. The van der Waals surface area contributed by atoms with E-state index in [2.05, 4.69) is 11.2 Å². The highest BCUT2D eigenvalue weighted by Crippen LogP contribution is 2.07. The van der Waals surface area contributed by atoms with Gasteiger partial charge in [-0.05, 0) is 24.5 Å². The summed E-state index contributed by atoms with van der Waals surface area (Å²) in [7, 11) is 0. The average molecular weight is 215 g/mol. The number of hydrogen-bond acceptors (Lipinski definition) is 1. The van der Waals surface area contributed by atoms with Gasteiger partial charge in [0.25, 0.3) is 0 Å². The maximum absolute atomic E-state index is 11.7. The van der Waals surface area contributed by atoms with Crippen LogP contribution in [0.4, 0.5) is 0 Å². The Bertz CT molecular complexity index is 403. The standard InChI is InChI=1S/C14H17NO/c1-4-13(5-2)15-14(16)10-12-9-7-6-8-11(12)3/h1,6-9,13H,5,10H2,2-3H3,(H,15,16). The summed E-state index contributed by atoms with van der Waals surface area (Å²) in [6.07, 6.45) is 6.44. The maximum atomic E-state index is 11.7. The Morgan fingerprint density at radius 3 is 2.75 bits per heavy atom. The predicted molar refractivity (Wildman–Crippen MR) is 65.9 cm³/mol. The first kappa shape index (κ1) is 12.3. The molecule has 1 amide bonds. The van der Waals surface area contributed by atoms with Gasteiger partial charge in [0.05, 0.1) is 12.5 Å². The molecule has 0 saturated heterocycles. The predicted octanol–water partition coefficient (Wildman–Crippen LogP) is 2.07. The maximum Gasteiger partial charge on any atom is 0.225 e. The molecule has 0 aliphatic carbocycles. The molecule has 0 saturated carbocycles. The number of benzene rings is 1. The van der Waals surface area contributed by atoms with Crippen molar-refractivity contribution in [1.29, 1.82) is 0 Å². The minimum atomic E-state index is -0.156. The summed E-state index contributed by atoms with van der Waals surface area (Å²) in [6.45, 7) is 3.96. The number of rotatable bonds is 4. The van der Waals surface area contributed by atoms with E-state index in [9.17, 15) is 4.79 Å². The van der Waals surface area contributed by atoms with E-state index in [1.165, 1.54) is 0 Å². The summed E-state index contributed by atoms with van der Waals surface area (Å²) < 4.78 is 0. The summed E-state index contributed by atoms with van der Waals surface area (Å²) >= 11 is 0. The van der Waals surface area contributed by atoms with E-state index in [1.54, 1.807) is 0 Å². The fraction of sp³-hybridized carbons (Fsp3) is 0.357. The van der Waals surface area contributed by atoms with E-state index < -0.39 is 0 Å².